The van der Waals surface area contributed by atoms with Crippen LogP contribution < -0.4 is 0 Å². The van der Waals surface area contributed by atoms with Crippen LogP contribution in [-0.4, -0.2) is 48.7 Å². The van der Waals surface area contributed by atoms with Crippen LogP contribution in [0.5, 0.6) is 0 Å². The van der Waals surface area contributed by atoms with Crippen LogP contribution in [0, 0.1) is 12.8 Å². The zero-order chi connectivity index (χ0) is 19.9. The molecule has 0 bridgehead atoms. The lowest BCUT2D eigenvalue weighted by molar-refractivity contribution is 0.224. The van der Waals surface area contributed by atoms with Crippen molar-refractivity contribution >= 4 is 33.5 Å². The van der Waals surface area contributed by atoms with E-state index in [2.05, 4.69) is 16.9 Å². The molecule has 0 radical (unpaired) electrons. The zero-order valence-electron chi connectivity index (χ0n) is 15.5. The molecule has 1 aliphatic rings. The van der Waals surface area contributed by atoms with Gasteiger partial charge in [0.25, 0.3) is 10.1 Å². The first kappa shape index (κ1) is 22.2. The Kier molecular flexibility index (Phi) is 8.57. The highest BCUT2D eigenvalue weighted by atomic mass is 35.5. The number of likely N-dealkylation sites (tertiary alicyclic amines) is 1. The lowest BCUT2D eigenvalue weighted by Gasteiger charge is -2.29. The van der Waals surface area contributed by atoms with Crippen molar-refractivity contribution in [1.82, 2.24) is 9.88 Å². The molecule has 1 atom stereocenters. The van der Waals surface area contributed by atoms with Gasteiger partial charge in [0.2, 0.25) is 0 Å². The summed E-state index contributed by atoms with van der Waals surface area (Å²) in [5, 5.41) is 1.63. The number of thioether (sulfide) groups is 1. The van der Waals surface area contributed by atoms with Gasteiger partial charge in [0.1, 0.15) is 5.15 Å². The Balaban J connectivity index is 0.000000208. The first-order valence-corrected chi connectivity index (χ1v) is 11.5. The fraction of sp³-hybridized carbons (Fsp3) is 0.421. The Hall–Kier alpha value is -1.12. The summed E-state index contributed by atoms with van der Waals surface area (Å²) in [4.78, 5) is 6.64. The second-order valence-electron chi connectivity index (χ2n) is 6.67. The minimum atomic E-state index is -4.02. The molecule has 1 aromatic heterocycles. The SMILES string of the molecule is CN1CCCC(CSc2cccc(Cl)n2)C1.Cc1ccc(S(=O)(=O)O)cc1. The third-order valence-corrected chi connectivity index (χ3v) is 6.44. The second-order valence-corrected chi connectivity index (χ2v) is 9.52. The number of rotatable bonds is 4. The highest BCUT2D eigenvalue weighted by Gasteiger charge is 2.17. The minimum Gasteiger partial charge on any atom is -0.306 e. The normalized spacial score (nSPS) is 17.9. The summed E-state index contributed by atoms with van der Waals surface area (Å²) in [6.45, 7) is 4.30. The highest BCUT2D eigenvalue weighted by molar-refractivity contribution is 7.99. The van der Waals surface area contributed by atoms with E-state index in [1.54, 1.807) is 12.1 Å². The van der Waals surface area contributed by atoms with E-state index in [-0.39, 0.29) is 4.90 Å². The average Bonchev–Trinajstić information content (AvgIpc) is 2.60. The van der Waals surface area contributed by atoms with Gasteiger partial charge in [-0.2, -0.15) is 8.42 Å². The fourth-order valence-corrected chi connectivity index (χ4v) is 4.50. The molecule has 0 aliphatic carbocycles. The average molecular weight is 429 g/mol. The van der Waals surface area contributed by atoms with Crippen LogP contribution in [0.4, 0.5) is 0 Å². The number of aromatic nitrogens is 1. The van der Waals surface area contributed by atoms with E-state index in [1.807, 2.05) is 36.9 Å². The van der Waals surface area contributed by atoms with Crippen LogP contribution in [0.3, 0.4) is 0 Å². The first-order valence-electron chi connectivity index (χ1n) is 8.72. The molecule has 148 valence electrons. The first-order chi connectivity index (χ1) is 12.7. The molecule has 0 spiro atoms. The summed E-state index contributed by atoms with van der Waals surface area (Å²) < 4.78 is 29.6. The van der Waals surface area contributed by atoms with Crippen molar-refractivity contribution in [1.29, 1.82) is 0 Å². The summed E-state index contributed by atoms with van der Waals surface area (Å²) in [6, 6.07) is 11.8. The number of hydrogen-bond donors (Lipinski definition) is 1. The van der Waals surface area contributed by atoms with Crippen molar-refractivity contribution in [2.24, 2.45) is 5.92 Å². The van der Waals surface area contributed by atoms with E-state index >= 15 is 0 Å². The van der Waals surface area contributed by atoms with Gasteiger partial charge in [-0.3, -0.25) is 4.55 Å². The molecule has 27 heavy (non-hydrogen) atoms. The van der Waals surface area contributed by atoms with Crippen molar-refractivity contribution < 1.29 is 13.0 Å². The van der Waals surface area contributed by atoms with Crippen molar-refractivity contribution in [2.45, 2.75) is 29.7 Å². The van der Waals surface area contributed by atoms with Crippen LogP contribution in [0.15, 0.2) is 52.4 Å². The van der Waals surface area contributed by atoms with Gasteiger partial charge in [0, 0.05) is 12.3 Å². The van der Waals surface area contributed by atoms with Crippen molar-refractivity contribution in [2.75, 3.05) is 25.9 Å². The maximum Gasteiger partial charge on any atom is 0.294 e. The molecular weight excluding hydrogens is 404 g/mol. The van der Waals surface area contributed by atoms with Gasteiger partial charge in [0.15, 0.2) is 0 Å². The third kappa shape index (κ3) is 8.19. The summed E-state index contributed by atoms with van der Waals surface area (Å²) >= 11 is 7.68. The quantitative estimate of drug-likeness (QED) is 0.441. The maximum absolute atomic E-state index is 10.5. The van der Waals surface area contributed by atoms with Gasteiger partial charge < -0.3 is 4.90 Å². The molecule has 1 fully saturated rings. The van der Waals surface area contributed by atoms with Crippen LogP contribution in [0.2, 0.25) is 5.15 Å². The van der Waals surface area contributed by atoms with E-state index in [0.717, 1.165) is 22.3 Å². The van der Waals surface area contributed by atoms with Crippen molar-refractivity contribution in [3.8, 4) is 0 Å². The Bertz CT molecular complexity index is 829. The fourth-order valence-electron chi connectivity index (χ4n) is 2.79. The number of halogens is 1. The van der Waals surface area contributed by atoms with Crippen LogP contribution in [0.1, 0.15) is 18.4 Å². The predicted molar refractivity (Wildman–Crippen MR) is 111 cm³/mol. The lowest BCUT2D eigenvalue weighted by Crippen LogP contribution is -2.33. The Labute approximate surface area is 170 Å². The van der Waals surface area contributed by atoms with Crippen LogP contribution >= 0.6 is 23.4 Å². The molecule has 1 N–H and O–H groups in total. The Morgan fingerprint density at radius 2 is 1.96 bits per heavy atom. The van der Waals surface area contributed by atoms with Crippen LogP contribution in [0.25, 0.3) is 0 Å². The molecule has 1 saturated heterocycles. The predicted octanol–water partition coefficient (Wildman–Crippen LogP) is 4.41. The minimum absolute atomic E-state index is 0.0666. The van der Waals surface area contributed by atoms with E-state index in [0.29, 0.717) is 5.15 Å². The molecule has 5 nitrogen and oxygen atoms in total. The molecule has 1 aliphatic heterocycles. The summed E-state index contributed by atoms with van der Waals surface area (Å²) in [5.74, 6) is 1.95. The largest absolute Gasteiger partial charge is 0.306 e. The Morgan fingerprint density at radius 3 is 2.56 bits per heavy atom. The van der Waals surface area contributed by atoms with Crippen molar-refractivity contribution in [3.63, 3.8) is 0 Å². The molecule has 3 rings (SSSR count). The smallest absolute Gasteiger partial charge is 0.294 e. The topological polar surface area (TPSA) is 70.5 Å². The second kappa shape index (κ2) is 10.4. The number of piperidine rings is 1. The van der Waals surface area contributed by atoms with Gasteiger partial charge in [-0.15, -0.1) is 11.8 Å². The van der Waals surface area contributed by atoms with E-state index < -0.39 is 10.1 Å². The number of nitrogens with zero attached hydrogens (tertiary/aromatic N) is 2. The molecule has 0 amide bonds. The summed E-state index contributed by atoms with van der Waals surface area (Å²) in [5.41, 5.74) is 0.956. The number of aryl methyl sites for hydroxylation is 1. The third-order valence-electron chi connectivity index (χ3n) is 4.20. The van der Waals surface area contributed by atoms with Gasteiger partial charge >= 0.3 is 0 Å². The van der Waals surface area contributed by atoms with Gasteiger partial charge in [-0.25, -0.2) is 4.98 Å². The molecule has 1 aromatic carbocycles. The zero-order valence-corrected chi connectivity index (χ0v) is 17.9. The van der Waals surface area contributed by atoms with Gasteiger partial charge in [-0.05, 0) is 63.5 Å². The van der Waals surface area contributed by atoms with E-state index in [4.69, 9.17) is 16.2 Å². The van der Waals surface area contributed by atoms with E-state index in [1.165, 1.54) is 38.1 Å². The number of benzene rings is 1. The number of pyridine rings is 1. The molecule has 2 aromatic rings. The molecule has 8 heteroatoms. The summed E-state index contributed by atoms with van der Waals surface area (Å²) in [6.07, 6.45) is 2.67. The van der Waals surface area contributed by atoms with Gasteiger partial charge in [0.05, 0.1) is 9.92 Å². The molecule has 1 unspecified atom stereocenters. The standard InChI is InChI=1S/C12H17ClN2S.C7H8O3S/c1-15-7-3-4-10(8-15)9-16-12-6-2-5-11(13)14-12;1-6-2-4-7(5-3-6)11(8,9)10/h2,5-6,10H,3-4,7-9H2,1H3;2-5H,1H3,(H,8,9,10). The molecule has 2 heterocycles. The molecule has 0 saturated carbocycles. The van der Waals surface area contributed by atoms with E-state index in [9.17, 15) is 8.42 Å². The van der Waals surface area contributed by atoms with Crippen LogP contribution in [-0.2, 0) is 10.1 Å². The lowest BCUT2D eigenvalue weighted by atomic mass is 10.0. The van der Waals surface area contributed by atoms with Gasteiger partial charge in [-0.1, -0.05) is 35.4 Å². The number of hydrogen-bond acceptors (Lipinski definition) is 5. The molecular formula is C19H25ClN2O3S2. The van der Waals surface area contributed by atoms with Crippen molar-refractivity contribution in [3.05, 3.63) is 53.2 Å². The monoisotopic (exact) mass is 428 g/mol. The maximum atomic E-state index is 10.5. The summed E-state index contributed by atoms with van der Waals surface area (Å²) in [7, 11) is -1.82. The highest BCUT2D eigenvalue weighted by Crippen LogP contribution is 2.24. The Morgan fingerprint density at radius 1 is 1.26 bits per heavy atom.